The predicted molar refractivity (Wildman–Crippen MR) is 92.4 cm³/mol. The average Bonchev–Trinajstić information content (AvgIpc) is 2.62. The molecule has 0 aliphatic rings. The van der Waals surface area contributed by atoms with Crippen molar-refractivity contribution in [3.8, 4) is 16.9 Å². The summed E-state index contributed by atoms with van der Waals surface area (Å²) >= 11 is 0. The fraction of sp³-hybridized carbons (Fsp3) is 0.222. The van der Waals surface area contributed by atoms with Gasteiger partial charge in [-0.2, -0.15) is 0 Å². The highest BCUT2D eigenvalue weighted by atomic mass is 19.1. The van der Waals surface area contributed by atoms with Crippen LogP contribution in [0.1, 0.15) is 13.8 Å². The molecule has 0 fully saturated rings. The zero-order chi connectivity index (χ0) is 16.8. The highest BCUT2D eigenvalue weighted by Crippen LogP contribution is 2.33. The smallest absolute Gasteiger partial charge is 0.145 e. The Balaban J connectivity index is 0.000000924. The number of methoxy groups -OCH3 is 1. The van der Waals surface area contributed by atoms with E-state index in [1.807, 2.05) is 26.0 Å². The second-order valence-corrected chi connectivity index (χ2v) is 4.55. The number of hydrogen-bond acceptors (Lipinski definition) is 4. The van der Waals surface area contributed by atoms with Gasteiger partial charge in [0, 0.05) is 12.4 Å². The summed E-state index contributed by atoms with van der Waals surface area (Å²) in [5.74, 6) is 1.12. The van der Waals surface area contributed by atoms with Crippen molar-refractivity contribution >= 4 is 16.7 Å². The van der Waals surface area contributed by atoms with E-state index < -0.39 is 0 Å². The number of benzene rings is 2. The molecule has 4 nitrogen and oxygen atoms in total. The molecule has 2 aromatic carbocycles. The molecule has 23 heavy (non-hydrogen) atoms. The number of nitrogens with one attached hydrogen (secondary N) is 1. The molecule has 0 saturated carbocycles. The van der Waals surface area contributed by atoms with Crippen LogP contribution in [0, 0.1) is 5.82 Å². The van der Waals surface area contributed by atoms with Crippen molar-refractivity contribution in [3.05, 3.63) is 48.5 Å². The number of aromatic nitrogens is 2. The van der Waals surface area contributed by atoms with Crippen LogP contribution >= 0.6 is 0 Å². The Morgan fingerprint density at radius 2 is 1.70 bits per heavy atom. The Morgan fingerprint density at radius 1 is 1.00 bits per heavy atom. The van der Waals surface area contributed by atoms with Crippen LogP contribution in [0.5, 0.6) is 5.75 Å². The third kappa shape index (κ3) is 3.39. The van der Waals surface area contributed by atoms with Crippen LogP contribution in [-0.2, 0) is 0 Å². The number of anilines is 1. The molecule has 0 unspecified atom stereocenters. The summed E-state index contributed by atoms with van der Waals surface area (Å²) < 4.78 is 18.5. The molecule has 3 aromatic rings. The fourth-order valence-electron chi connectivity index (χ4n) is 2.30. The minimum absolute atomic E-state index is 0.259. The van der Waals surface area contributed by atoms with E-state index in [0.717, 1.165) is 27.8 Å². The third-order valence-corrected chi connectivity index (χ3v) is 3.34. The predicted octanol–water partition coefficient (Wildman–Crippen LogP) is 4.51. The molecule has 5 heteroatoms. The van der Waals surface area contributed by atoms with Gasteiger partial charge in [0.2, 0.25) is 0 Å². The van der Waals surface area contributed by atoms with E-state index in [-0.39, 0.29) is 5.82 Å². The number of ether oxygens (including phenoxy) is 1. The van der Waals surface area contributed by atoms with Crippen molar-refractivity contribution in [1.82, 2.24) is 9.97 Å². The molecule has 0 saturated heterocycles. The maximum Gasteiger partial charge on any atom is 0.145 e. The van der Waals surface area contributed by atoms with E-state index in [2.05, 4.69) is 15.3 Å². The lowest BCUT2D eigenvalue weighted by molar-refractivity contribution is 0.419. The first-order chi connectivity index (χ1) is 11.2. The first kappa shape index (κ1) is 16.7. The maximum atomic E-state index is 13.1. The first-order valence-electron chi connectivity index (χ1n) is 7.49. The van der Waals surface area contributed by atoms with Crippen LogP contribution in [-0.4, -0.2) is 24.1 Å². The second kappa shape index (κ2) is 7.54. The highest BCUT2D eigenvalue weighted by Gasteiger charge is 2.11. The number of nitrogens with zero attached hydrogens (tertiary/aromatic N) is 2. The van der Waals surface area contributed by atoms with Gasteiger partial charge >= 0.3 is 0 Å². The van der Waals surface area contributed by atoms with Crippen LogP contribution in [0.3, 0.4) is 0 Å². The van der Waals surface area contributed by atoms with Gasteiger partial charge in [0.25, 0.3) is 0 Å². The first-order valence-corrected chi connectivity index (χ1v) is 7.49. The monoisotopic (exact) mass is 313 g/mol. The molecule has 1 heterocycles. The SMILES string of the molecule is CC.CNc1ncnc2c(OC)cc(-c3ccc(F)cc3)cc12. The van der Waals surface area contributed by atoms with Gasteiger partial charge in [-0.05, 0) is 35.4 Å². The fourth-order valence-corrected chi connectivity index (χ4v) is 2.30. The van der Waals surface area contributed by atoms with E-state index in [1.165, 1.54) is 18.5 Å². The molecule has 0 aliphatic carbocycles. The third-order valence-electron chi connectivity index (χ3n) is 3.34. The molecular formula is C18H20FN3O. The Hall–Kier alpha value is -2.69. The highest BCUT2D eigenvalue weighted by molar-refractivity contribution is 5.96. The maximum absolute atomic E-state index is 13.1. The van der Waals surface area contributed by atoms with Crippen molar-refractivity contribution in [3.63, 3.8) is 0 Å². The standard InChI is InChI=1S/C16H14FN3O.C2H6/c1-18-16-13-7-11(10-3-5-12(17)6-4-10)8-14(21-2)15(13)19-9-20-16;1-2/h3-9H,1-2H3,(H,18,19,20);1-2H3. The average molecular weight is 313 g/mol. The van der Waals surface area contributed by atoms with Gasteiger partial charge in [0.05, 0.1) is 7.11 Å². The Labute approximate surface area is 135 Å². The minimum atomic E-state index is -0.259. The van der Waals surface area contributed by atoms with Gasteiger partial charge < -0.3 is 10.1 Å². The summed E-state index contributed by atoms with van der Waals surface area (Å²) in [6.07, 6.45) is 1.49. The molecule has 0 aliphatic heterocycles. The zero-order valence-corrected chi connectivity index (χ0v) is 13.7. The van der Waals surface area contributed by atoms with E-state index in [1.54, 1.807) is 26.3 Å². The zero-order valence-electron chi connectivity index (χ0n) is 13.7. The van der Waals surface area contributed by atoms with Gasteiger partial charge in [-0.1, -0.05) is 26.0 Å². The molecule has 1 N–H and O–H groups in total. The molecule has 0 spiro atoms. The van der Waals surface area contributed by atoms with Crippen LogP contribution < -0.4 is 10.1 Å². The molecule has 0 amide bonds. The molecular weight excluding hydrogens is 293 g/mol. The topological polar surface area (TPSA) is 47.0 Å². The minimum Gasteiger partial charge on any atom is -0.494 e. The lowest BCUT2D eigenvalue weighted by Gasteiger charge is -2.11. The Morgan fingerprint density at radius 3 is 2.30 bits per heavy atom. The van der Waals surface area contributed by atoms with Gasteiger partial charge in [-0.3, -0.25) is 0 Å². The van der Waals surface area contributed by atoms with E-state index in [0.29, 0.717) is 5.75 Å². The van der Waals surface area contributed by atoms with Crippen molar-refractivity contribution in [1.29, 1.82) is 0 Å². The summed E-state index contributed by atoms with van der Waals surface area (Å²) in [5.41, 5.74) is 2.57. The summed E-state index contributed by atoms with van der Waals surface area (Å²) in [6, 6.07) is 10.2. The summed E-state index contributed by atoms with van der Waals surface area (Å²) in [5, 5.41) is 3.90. The van der Waals surface area contributed by atoms with Crippen molar-refractivity contribution in [2.75, 3.05) is 19.5 Å². The number of fused-ring (bicyclic) bond motifs is 1. The van der Waals surface area contributed by atoms with Crippen molar-refractivity contribution < 1.29 is 9.13 Å². The normalized spacial score (nSPS) is 9.96. The number of halogens is 1. The van der Waals surface area contributed by atoms with Crippen LogP contribution in [0.15, 0.2) is 42.7 Å². The molecule has 120 valence electrons. The van der Waals surface area contributed by atoms with Gasteiger partial charge in [-0.25, -0.2) is 14.4 Å². The van der Waals surface area contributed by atoms with Crippen molar-refractivity contribution in [2.45, 2.75) is 13.8 Å². The second-order valence-electron chi connectivity index (χ2n) is 4.55. The molecule has 0 radical (unpaired) electrons. The quantitative estimate of drug-likeness (QED) is 0.772. The molecule has 0 atom stereocenters. The van der Waals surface area contributed by atoms with Crippen molar-refractivity contribution in [2.24, 2.45) is 0 Å². The molecule has 0 bridgehead atoms. The number of hydrogen-bond donors (Lipinski definition) is 1. The van der Waals surface area contributed by atoms with Crippen LogP contribution in [0.4, 0.5) is 10.2 Å². The Kier molecular flexibility index (Phi) is 5.46. The van der Waals surface area contributed by atoms with Crippen LogP contribution in [0.25, 0.3) is 22.0 Å². The summed E-state index contributed by atoms with van der Waals surface area (Å²) in [4.78, 5) is 8.49. The van der Waals surface area contributed by atoms with E-state index in [9.17, 15) is 4.39 Å². The van der Waals surface area contributed by atoms with Gasteiger partial charge in [0.15, 0.2) is 0 Å². The van der Waals surface area contributed by atoms with E-state index >= 15 is 0 Å². The lowest BCUT2D eigenvalue weighted by atomic mass is 10.0. The molecule has 3 rings (SSSR count). The van der Waals surface area contributed by atoms with Crippen LogP contribution in [0.2, 0.25) is 0 Å². The van der Waals surface area contributed by atoms with Gasteiger partial charge in [-0.15, -0.1) is 0 Å². The summed E-state index contributed by atoms with van der Waals surface area (Å²) in [7, 11) is 3.41. The number of rotatable bonds is 3. The molecule has 1 aromatic heterocycles. The lowest BCUT2D eigenvalue weighted by Crippen LogP contribution is -1.97. The van der Waals surface area contributed by atoms with E-state index in [4.69, 9.17) is 4.74 Å². The Bertz CT molecular complexity index is 788. The largest absolute Gasteiger partial charge is 0.494 e. The summed E-state index contributed by atoms with van der Waals surface area (Å²) in [6.45, 7) is 4.00. The van der Waals surface area contributed by atoms with Gasteiger partial charge in [0.1, 0.15) is 29.2 Å².